The molecule has 30 heavy (non-hydrogen) atoms. The fourth-order valence-corrected chi connectivity index (χ4v) is 3.92. The Kier molecular flexibility index (Phi) is 4.98. The quantitative estimate of drug-likeness (QED) is 0.687. The lowest BCUT2D eigenvalue weighted by Crippen LogP contribution is -2.49. The monoisotopic (exact) mass is 404 g/mol. The summed E-state index contributed by atoms with van der Waals surface area (Å²) in [5.74, 6) is -0.552. The zero-order chi connectivity index (χ0) is 21.5. The van der Waals surface area contributed by atoms with Gasteiger partial charge in [0, 0.05) is 37.1 Å². The summed E-state index contributed by atoms with van der Waals surface area (Å²) in [6.07, 6.45) is 0. The largest absolute Gasteiger partial charge is 0.367 e. The highest BCUT2D eigenvalue weighted by Gasteiger charge is 2.25. The second kappa shape index (κ2) is 7.49. The molecule has 0 unspecified atom stereocenters. The van der Waals surface area contributed by atoms with Crippen LogP contribution in [0.2, 0.25) is 0 Å². The number of carbonyl (C=O) groups excluding carboxylic acids is 1. The third kappa shape index (κ3) is 3.63. The number of fused-ring (bicyclic) bond motifs is 1. The van der Waals surface area contributed by atoms with Crippen molar-refractivity contribution in [1.29, 1.82) is 5.26 Å². The zero-order valence-electron chi connectivity index (χ0n) is 17.5. The highest BCUT2D eigenvalue weighted by atomic mass is 19.1. The molecule has 0 aliphatic carbocycles. The molecule has 1 saturated heterocycles. The van der Waals surface area contributed by atoms with Crippen molar-refractivity contribution in [3.05, 3.63) is 65.1 Å². The van der Waals surface area contributed by atoms with Crippen LogP contribution in [0.4, 0.5) is 10.1 Å². The number of benzene rings is 2. The number of halogens is 1. The van der Waals surface area contributed by atoms with E-state index in [1.54, 1.807) is 17.0 Å². The van der Waals surface area contributed by atoms with Gasteiger partial charge in [-0.3, -0.25) is 4.79 Å². The van der Waals surface area contributed by atoms with Crippen LogP contribution in [0.25, 0.3) is 10.9 Å². The summed E-state index contributed by atoms with van der Waals surface area (Å²) >= 11 is 0. The summed E-state index contributed by atoms with van der Waals surface area (Å²) in [6, 6.07) is 14.8. The number of carbonyl (C=O) groups is 1. The first kappa shape index (κ1) is 20.0. The number of nitrogens with one attached hydrogen (secondary N) is 1. The summed E-state index contributed by atoms with van der Waals surface area (Å²) in [7, 11) is 0. The Morgan fingerprint density at radius 2 is 1.83 bits per heavy atom. The number of hydrogen-bond donors (Lipinski definition) is 1. The van der Waals surface area contributed by atoms with Crippen molar-refractivity contribution in [2.24, 2.45) is 0 Å². The van der Waals surface area contributed by atoms with Gasteiger partial charge in [0.15, 0.2) is 0 Å². The highest BCUT2D eigenvalue weighted by molar-refractivity contribution is 5.98. The lowest BCUT2D eigenvalue weighted by atomic mass is 9.87. The van der Waals surface area contributed by atoms with Crippen molar-refractivity contribution in [2.75, 3.05) is 31.1 Å². The van der Waals surface area contributed by atoms with Gasteiger partial charge in [-0.15, -0.1) is 0 Å². The SMILES string of the molecule is CC(C)(C)c1ccc2cc(C(=O)N3CCN(c4cccc(F)c4C#N)CC3)[nH]c2c1. The molecular formula is C24H25FN4O. The maximum atomic E-state index is 13.9. The molecule has 6 heteroatoms. The Balaban J connectivity index is 1.50. The summed E-state index contributed by atoms with van der Waals surface area (Å²) in [4.78, 5) is 20.1. The van der Waals surface area contributed by atoms with Gasteiger partial charge >= 0.3 is 0 Å². The number of nitriles is 1. The molecule has 1 aromatic heterocycles. The topological polar surface area (TPSA) is 63.1 Å². The molecule has 1 fully saturated rings. The van der Waals surface area contributed by atoms with Crippen LogP contribution in [0.1, 0.15) is 42.4 Å². The van der Waals surface area contributed by atoms with Gasteiger partial charge in [0.05, 0.1) is 5.69 Å². The molecule has 154 valence electrons. The number of nitrogens with zero attached hydrogens (tertiary/aromatic N) is 3. The van der Waals surface area contributed by atoms with Crippen LogP contribution in [0, 0.1) is 17.1 Å². The number of hydrogen-bond acceptors (Lipinski definition) is 3. The van der Waals surface area contributed by atoms with Crippen molar-refractivity contribution in [1.82, 2.24) is 9.88 Å². The average molecular weight is 404 g/mol. The molecule has 0 atom stereocenters. The number of aromatic nitrogens is 1. The van der Waals surface area contributed by atoms with E-state index in [-0.39, 0.29) is 16.9 Å². The Morgan fingerprint density at radius 1 is 1.10 bits per heavy atom. The molecule has 1 aliphatic heterocycles. The number of amides is 1. The molecule has 1 aliphatic rings. The number of aromatic amines is 1. The molecule has 0 spiro atoms. The molecule has 1 amide bonds. The fraction of sp³-hybridized carbons (Fsp3) is 0.333. The number of H-pyrrole nitrogens is 1. The van der Waals surface area contributed by atoms with Gasteiger partial charge in [0.25, 0.3) is 5.91 Å². The molecule has 5 nitrogen and oxygen atoms in total. The lowest BCUT2D eigenvalue weighted by molar-refractivity contribution is 0.0742. The van der Waals surface area contributed by atoms with Gasteiger partial charge in [-0.05, 0) is 35.2 Å². The van der Waals surface area contributed by atoms with E-state index < -0.39 is 5.82 Å². The predicted octanol–water partition coefficient (Wildman–Crippen LogP) is 4.44. The third-order valence-electron chi connectivity index (χ3n) is 5.73. The van der Waals surface area contributed by atoms with Crippen molar-refractivity contribution in [3.8, 4) is 6.07 Å². The molecule has 1 N–H and O–H groups in total. The van der Waals surface area contributed by atoms with Crippen molar-refractivity contribution in [3.63, 3.8) is 0 Å². The highest BCUT2D eigenvalue weighted by Crippen LogP contribution is 2.27. The van der Waals surface area contributed by atoms with E-state index in [0.29, 0.717) is 37.6 Å². The van der Waals surface area contributed by atoms with Crippen LogP contribution in [0.5, 0.6) is 0 Å². The second-order valence-corrected chi connectivity index (χ2v) is 8.76. The van der Waals surface area contributed by atoms with Crippen LogP contribution >= 0.6 is 0 Å². The third-order valence-corrected chi connectivity index (χ3v) is 5.73. The molecule has 3 aromatic rings. The molecule has 2 heterocycles. The van der Waals surface area contributed by atoms with Crippen LogP contribution in [0.3, 0.4) is 0 Å². The van der Waals surface area contributed by atoms with Gasteiger partial charge in [-0.25, -0.2) is 4.39 Å². The minimum absolute atomic E-state index is 0.0390. The maximum absolute atomic E-state index is 13.9. The van der Waals surface area contributed by atoms with Gasteiger partial charge in [0.1, 0.15) is 23.1 Å². The standard InChI is InChI=1S/C24H25FN4O/c1-24(2,3)17-8-7-16-13-21(27-20(16)14-17)23(30)29-11-9-28(10-12-29)22-6-4-5-19(25)18(22)15-26/h4-8,13-14,27H,9-12H2,1-3H3. The van der Waals surface area contributed by atoms with E-state index in [1.807, 2.05) is 17.0 Å². The van der Waals surface area contributed by atoms with E-state index in [4.69, 9.17) is 0 Å². The Bertz CT molecular complexity index is 1140. The van der Waals surface area contributed by atoms with Gasteiger partial charge in [-0.1, -0.05) is 39.0 Å². The first-order valence-electron chi connectivity index (χ1n) is 10.1. The molecule has 4 rings (SSSR count). The fourth-order valence-electron chi connectivity index (χ4n) is 3.92. The zero-order valence-corrected chi connectivity index (χ0v) is 17.5. The van der Waals surface area contributed by atoms with Crippen LogP contribution < -0.4 is 4.90 Å². The minimum Gasteiger partial charge on any atom is -0.367 e. The van der Waals surface area contributed by atoms with Crippen molar-refractivity contribution in [2.45, 2.75) is 26.2 Å². The van der Waals surface area contributed by atoms with E-state index in [1.165, 1.54) is 11.6 Å². The van der Waals surface area contributed by atoms with Gasteiger partial charge in [0.2, 0.25) is 0 Å². The average Bonchev–Trinajstić information content (AvgIpc) is 3.16. The molecule has 0 bridgehead atoms. The predicted molar refractivity (Wildman–Crippen MR) is 116 cm³/mol. The van der Waals surface area contributed by atoms with Crippen molar-refractivity contribution >= 4 is 22.5 Å². The van der Waals surface area contributed by atoms with E-state index in [2.05, 4.69) is 44.0 Å². The molecule has 0 saturated carbocycles. The van der Waals surface area contributed by atoms with Gasteiger partial charge < -0.3 is 14.8 Å². The first-order chi connectivity index (χ1) is 14.3. The van der Waals surface area contributed by atoms with Crippen LogP contribution in [-0.2, 0) is 5.41 Å². The summed E-state index contributed by atoms with van der Waals surface area (Å²) < 4.78 is 13.9. The number of anilines is 1. The maximum Gasteiger partial charge on any atom is 0.270 e. The molecular weight excluding hydrogens is 379 g/mol. The summed E-state index contributed by atoms with van der Waals surface area (Å²) in [5, 5.41) is 10.3. The van der Waals surface area contributed by atoms with Crippen LogP contribution in [-0.4, -0.2) is 42.0 Å². The van der Waals surface area contributed by atoms with E-state index in [0.717, 1.165) is 10.9 Å². The first-order valence-corrected chi connectivity index (χ1v) is 10.1. The minimum atomic E-state index is -0.513. The van der Waals surface area contributed by atoms with Crippen molar-refractivity contribution < 1.29 is 9.18 Å². The second-order valence-electron chi connectivity index (χ2n) is 8.76. The molecule has 0 radical (unpaired) electrons. The summed E-state index contributed by atoms with van der Waals surface area (Å²) in [5.41, 5.74) is 3.44. The summed E-state index contributed by atoms with van der Waals surface area (Å²) in [6.45, 7) is 8.64. The normalized spacial score (nSPS) is 14.8. The number of rotatable bonds is 2. The Hall–Kier alpha value is -3.33. The lowest BCUT2D eigenvalue weighted by Gasteiger charge is -2.36. The number of piperazine rings is 1. The van der Waals surface area contributed by atoms with Crippen LogP contribution in [0.15, 0.2) is 42.5 Å². The Morgan fingerprint density at radius 3 is 2.50 bits per heavy atom. The van der Waals surface area contributed by atoms with E-state index >= 15 is 0 Å². The van der Waals surface area contributed by atoms with E-state index in [9.17, 15) is 14.4 Å². The Labute approximate surface area is 175 Å². The van der Waals surface area contributed by atoms with Gasteiger partial charge in [-0.2, -0.15) is 5.26 Å². The smallest absolute Gasteiger partial charge is 0.270 e. The molecule has 2 aromatic carbocycles.